The van der Waals surface area contributed by atoms with Gasteiger partial charge < -0.3 is 9.53 Å². The number of carbonyl (C=O) groups is 2. The third-order valence-corrected chi connectivity index (χ3v) is 2.43. The van der Waals surface area contributed by atoms with Crippen LogP contribution in [0.1, 0.15) is 11.5 Å². The number of rotatable bonds is 2. The van der Waals surface area contributed by atoms with Gasteiger partial charge in [-0.05, 0) is 5.56 Å². The van der Waals surface area contributed by atoms with Gasteiger partial charge in [0.15, 0.2) is 0 Å². The largest absolute Gasteiger partial charge is 0.464 e. The lowest BCUT2D eigenvalue weighted by atomic mass is 9.89. The zero-order valence-corrected chi connectivity index (χ0v) is 7.55. The van der Waals surface area contributed by atoms with Gasteiger partial charge >= 0.3 is 5.97 Å². The molecule has 2 atom stereocenters. The average molecular weight is 190 g/mol. The number of aldehydes is 1. The van der Waals surface area contributed by atoms with Crippen molar-refractivity contribution in [2.45, 2.75) is 5.92 Å². The number of hydrogen-bond donors (Lipinski definition) is 0. The predicted octanol–water partition coefficient (Wildman–Crippen LogP) is 1.14. The quantitative estimate of drug-likeness (QED) is 0.519. The fourth-order valence-corrected chi connectivity index (χ4v) is 1.70. The minimum absolute atomic E-state index is 0.210. The lowest BCUT2D eigenvalue weighted by Crippen LogP contribution is -2.14. The first-order valence-corrected chi connectivity index (χ1v) is 4.50. The van der Waals surface area contributed by atoms with Gasteiger partial charge in [0.25, 0.3) is 0 Å². The maximum absolute atomic E-state index is 11.4. The third kappa shape index (κ3) is 1.41. The van der Waals surface area contributed by atoms with Crippen molar-refractivity contribution in [2.24, 2.45) is 5.92 Å². The highest BCUT2D eigenvalue weighted by Crippen LogP contribution is 2.30. The molecule has 14 heavy (non-hydrogen) atoms. The Kier molecular flexibility index (Phi) is 2.31. The fraction of sp³-hybridized carbons (Fsp3) is 0.273. The van der Waals surface area contributed by atoms with Crippen molar-refractivity contribution < 1.29 is 14.3 Å². The first-order valence-electron chi connectivity index (χ1n) is 4.50. The number of ether oxygens (including phenoxy) is 1. The zero-order valence-electron chi connectivity index (χ0n) is 7.55. The van der Waals surface area contributed by atoms with Crippen LogP contribution < -0.4 is 0 Å². The lowest BCUT2D eigenvalue weighted by molar-refractivity contribution is -0.139. The van der Waals surface area contributed by atoms with Crippen molar-refractivity contribution >= 4 is 12.3 Å². The van der Waals surface area contributed by atoms with Crippen LogP contribution in [-0.2, 0) is 14.3 Å². The van der Waals surface area contributed by atoms with Crippen molar-refractivity contribution in [3.8, 4) is 0 Å². The summed E-state index contributed by atoms with van der Waals surface area (Å²) in [5, 5.41) is 0. The predicted molar refractivity (Wildman–Crippen MR) is 49.7 cm³/mol. The molecule has 1 heterocycles. The van der Waals surface area contributed by atoms with Crippen molar-refractivity contribution in [3.05, 3.63) is 35.9 Å². The smallest absolute Gasteiger partial charge is 0.314 e. The van der Waals surface area contributed by atoms with E-state index in [-0.39, 0.29) is 18.5 Å². The van der Waals surface area contributed by atoms with E-state index in [2.05, 4.69) is 0 Å². The number of cyclic esters (lactones) is 1. The standard InChI is InChI=1S/C11H10O3/c12-6-9-7-14-11(13)10(9)8-4-2-1-3-5-8/h1-6,9-10H,7H2/t9-,10+/m0/s1. The molecule has 1 fully saturated rings. The molecule has 1 aromatic rings. The maximum Gasteiger partial charge on any atom is 0.314 e. The molecule has 0 unspecified atom stereocenters. The molecule has 2 rings (SSSR count). The van der Waals surface area contributed by atoms with Gasteiger partial charge in [0.1, 0.15) is 12.9 Å². The lowest BCUT2D eigenvalue weighted by Gasteiger charge is -2.08. The molecule has 0 saturated carbocycles. The highest BCUT2D eigenvalue weighted by Gasteiger charge is 2.37. The van der Waals surface area contributed by atoms with E-state index in [9.17, 15) is 9.59 Å². The second-order valence-corrected chi connectivity index (χ2v) is 3.32. The first-order chi connectivity index (χ1) is 6.83. The summed E-state index contributed by atoms with van der Waals surface area (Å²) in [5.74, 6) is -1.04. The van der Waals surface area contributed by atoms with Crippen molar-refractivity contribution in [1.29, 1.82) is 0 Å². The van der Waals surface area contributed by atoms with Crippen molar-refractivity contribution in [2.75, 3.05) is 6.61 Å². The number of benzene rings is 1. The van der Waals surface area contributed by atoms with Gasteiger partial charge in [-0.25, -0.2) is 0 Å². The molecule has 72 valence electrons. The molecule has 3 nitrogen and oxygen atoms in total. The molecule has 0 bridgehead atoms. The Balaban J connectivity index is 2.32. The average Bonchev–Trinajstić information content (AvgIpc) is 2.61. The molecule has 0 aromatic heterocycles. The second-order valence-electron chi connectivity index (χ2n) is 3.32. The van der Waals surface area contributed by atoms with Crippen LogP contribution in [0.5, 0.6) is 0 Å². The molecule has 1 saturated heterocycles. The van der Waals surface area contributed by atoms with Gasteiger partial charge in [-0.1, -0.05) is 30.3 Å². The Morgan fingerprint density at radius 3 is 2.64 bits per heavy atom. The van der Waals surface area contributed by atoms with Gasteiger partial charge in [0.2, 0.25) is 0 Å². The van der Waals surface area contributed by atoms with Gasteiger partial charge in [-0.2, -0.15) is 0 Å². The van der Waals surface area contributed by atoms with Crippen LogP contribution in [0.15, 0.2) is 30.3 Å². The van der Waals surface area contributed by atoms with E-state index in [1.165, 1.54) is 0 Å². The minimum atomic E-state index is -0.409. The van der Waals surface area contributed by atoms with E-state index < -0.39 is 5.92 Å². The molecule has 0 spiro atoms. The van der Waals surface area contributed by atoms with E-state index in [1.54, 1.807) is 0 Å². The van der Waals surface area contributed by atoms with Gasteiger partial charge in [-0.15, -0.1) is 0 Å². The molecule has 3 heteroatoms. The topological polar surface area (TPSA) is 43.4 Å². The van der Waals surface area contributed by atoms with Crippen molar-refractivity contribution in [1.82, 2.24) is 0 Å². The molecule has 0 radical (unpaired) electrons. The Morgan fingerprint density at radius 2 is 2.00 bits per heavy atom. The molecular formula is C11H10O3. The van der Waals surface area contributed by atoms with Gasteiger partial charge in [-0.3, -0.25) is 4.79 Å². The Morgan fingerprint density at radius 1 is 1.29 bits per heavy atom. The molecule has 0 N–H and O–H groups in total. The molecular weight excluding hydrogens is 180 g/mol. The SMILES string of the molecule is O=C[C@H]1COC(=O)[C@@H]1c1ccccc1. The monoisotopic (exact) mass is 190 g/mol. The van der Waals surface area contributed by atoms with Crippen molar-refractivity contribution in [3.63, 3.8) is 0 Å². The van der Waals surface area contributed by atoms with E-state index in [0.29, 0.717) is 0 Å². The van der Waals surface area contributed by atoms with Crippen LogP contribution in [0.3, 0.4) is 0 Å². The number of esters is 1. The fourth-order valence-electron chi connectivity index (χ4n) is 1.70. The van der Waals surface area contributed by atoms with E-state index in [1.807, 2.05) is 30.3 Å². The van der Waals surface area contributed by atoms with Gasteiger partial charge in [0.05, 0.1) is 11.8 Å². The summed E-state index contributed by atoms with van der Waals surface area (Å²) < 4.78 is 4.85. The maximum atomic E-state index is 11.4. The summed E-state index contributed by atoms with van der Waals surface area (Å²) in [4.78, 5) is 22.1. The Labute approximate surface area is 81.7 Å². The summed E-state index contributed by atoms with van der Waals surface area (Å²) in [5.41, 5.74) is 0.854. The summed E-state index contributed by atoms with van der Waals surface area (Å²) >= 11 is 0. The van der Waals surface area contributed by atoms with Gasteiger partial charge in [0, 0.05) is 0 Å². The second kappa shape index (κ2) is 3.62. The third-order valence-electron chi connectivity index (χ3n) is 2.43. The van der Waals surface area contributed by atoms with Crippen LogP contribution in [0.2, 0.25) is 0 Å². The summed E-state index contributed by atoms with van der Waals surface area (Å²) in [6.07, 6.45) is 0.794. The molecule has 1 aliphatic heterocycles. The Bertz CT molecular complexity index is 345. The van der Waals surface area contributed by atoms with Crippen LogP contribution in [0.4, 0.5) is 0 Å². The van der Waals surface area contributed by atoms with Crippen LogP contribution in [-0.4, -0.2) is 18.9 Å². The number of hydrogen-bond acceptors (Lipinski definition) is 3. The molecule has 1 aromatic carbocycles. The normalized spacial score (nSPS) is 25.9. The highest BCUT2D eigenvalue weighted by atomic mass is 16.5. The Hall–Kier alpha value is -1.64. The van der Waals surface area contributed by atoms with Crippen LogP contribution in [0.25, 0.3) is 0 Å². The number of carbonyl (C=O) groups excluding carboxylic acids is 2. The zero-order chi connectivity index (χ0) is 9.97. The van der Waals surface area contributed by atoms with E-state index >= 15 is 0 Å². The van der Waals surface area contributed by atoms with E-state index in [4.69, 9.17) is 4.74 Å². The van der Waals surface area contributed by atoms with E-state index in [0.717, 1.165) is 11.8 Å². The minimum Gasteiger partial charge on any atom is -0.464 e. The first kappa shape index (κ1) is 8.94. The van der Waals surface area contributed by atoms with Crippen LogP contribution >= 0.6 is 0 Å². The summed E-state index contributed by atoms with van der Waals surface area (Å²) in [6.45, 7) is 0.210. The summed E-state index contributed by atoms with van der Waals surface area (Å²) in [6, 6.07) is 9.26. The molecule has 0 aliphatic carbocycles. The summed E-state index contributed by atoms with van der Waals surface area (Å²) in [7, 11) is 0. The molecule has 1 aliphatic rings. The molecule has 0 amide bonds. The van der Waals surface area contributed by atoms with Crippen LogP contribution in [0, 0.1) is 5.92 Å². The highest BCUT2D eigenvalue weighted by molar-refractivity contribution is 5.84.